The van der Waals surface area contributed by atoms with E-state index in [1.807, 2.05) is 6.07 Å². The van der Waals surface area contributed by atoms with E-state index in [1.54, 1.807) is 32.0 Å². The minimum Gasteiger partial charge on any atom is -0.488 e. The Kier molecular flexibility index (Phi) is 4.39. The van der Waals surface area contributed by atoms with E-state index in [9.17, 15) is 8.42 Å². The van der Waals surface area contributed by atoms with Crippen molar-refractivity contribution < 1.29 is 13.2 Å². The van der Waals surface area contributed by atoms with E-state index in [2.05, 4.69) is 18.7 Å². The fourth-order valence-electron chi connectivity index (χ4n) is 2.15. The number of likely N-dealkylation sites (tertiary alicyclic amines) is 1. The van der Waals surface area contributed by atoms with Crippen LogP contribution in [0.1, 0.15) is 27.7 Å². The van der Waals surface area contributed by atoms with Crippen molar-refractivity contribution in [3.05, 3.63) is 24.3 Å². The molecule has 1 aliphatic rings. The van der Waals surface area contributed by atoms with Gasteiger partial charge in [-0.15, -0.1) is 0 Å². The molecule has 1 aromatic carbocycles. The van der Waals surface area contributed by atoms with E-state index in [0.717, 1.165) is 13.1 Å². The molecule has 112 valence electrons. The van der Waals surface area contributed by atoms with Crippen LogP contribution in [0.5, 0.6) is 5.75 Å². The molecule has 1 saturated heterocycles. The monoisotopic (exact) mass is 297 g/mol. The Bertz CT molecular complexity index is 560. The maximum absolute atomic E-state index is 12.1. The Morgan fingerprint density at radius 3 is 2.40 bits per heavy atom. The van der Waals surface area contributed by atoms with Crippen LogP contribution in [0.25, 0.3) is 0 Å². The maximum Gasteiger partial charge on any atom is 0.180 e. The summed E-state index contributed by atoms with van der Waals surface area (Å²) in [5.41, 5.74) is 0. The van der Waals surface area contributed by atoms with Gasteiger partial charge in [0.25, 0.3) is 0 Å². The molecule has 0 atom stereocenters. The minimum absolute atomic E-state index is 0.161. The van der Waals surface area contributed by atoms with E-state index in [1.165, 1.54) is 0 Å². The Morgan fingerprint density at radius 2 is 1.85 bits per heavy atom. The standard InChI is InChI=1S/C15H23NO3S/c1-11(2)16-9-14(10-16)19-13-6-5-7-15(8-13)20(17,18)12(3)4/h5-8,11-12,14H,9-10H2,1-4H3. The lowest BCUT2D eigenvalue weighted by Crippen LogP contribution is -2.56. The van der Waals surface area contributed by atoms with E-state index in [-0.39, 0.29) is 6.10 Å². The molecule has 0 unspecified atom stereocenters. The molecule has 20 heavy (non-hydrogen) atoms. The van der Waals surface area contributed by atoms with E-state index < -0.39 is 15.1 Å². The van der Waals surface area contributed by atoms with Crippen molar-refractivity contribution in [1.29, 1.82) is 0 Å². The van der Waals surface area contributed by atoms with Crippen LogP contribution in [-0.2, 0) is 9.84 Å². The van der Waals surface area contributed by atoms with Gasteiger partial charge in [0, 0.05) is 19.1 Å². The molecule has 1 aromatic rings. The van der Waals surface area contributed by atoms with Crippen LogP contribution >= 0.6 is 0 Å². The second kappa shape index (κ2) is 5.74. The van der Waals surface area contributed by atoms with Gasteiger partial charge in [0.1, 0.15) is 11.9 Å². The average Bonchev–Trinajstić information content (AvgIpc) is 2.33. The predicted octanol–water partition coefficient (Wildman–Crippen LogP) is 2.34. The predicted molar refractivity (Wildman–Crippen MR) is 79.9 cm³/mol. The van der Waals surface area contributed by atoms with Crippen molar-refractivity contribution in [2.45, 2.75) is 50.0 Å². The molecule has 0 bridgehead atoms. The number of hydrogen-bond donors (Lipinski definition) is 0. The zero-order valence-corrected chi connectivity index (χ0v) is 13.4. The molecular weight excluding hydrogens is 274 g/mol. The average molecular weight is 297 g/mol. The lowest BCUT2D eigenvalue weighted by molar-refractivity contribution is 0.0000342. The number of nitrogens with zero attached hydrogens (tertiary/aromatic N) is 1. The highest BCUT2D eigenvalue weighted by molar-refractivity contribution is 7.92. The second-order valence-corrected chi connectivity index (χ2v) is 8.36. The molecule has 0 aliphatic carbocycles. The largest absolute Gasteiger partial charge is 0.488 e. The number of benzene rings is 1. The number of hydrogen-bond acceptors (Lipinski definition) is 4. The summed E-state index contributed by atoms with van der Waals surface area (Å²) in [6, 6.07) is 7.35. The molecule has 0 amide bonds. The molecule has 0 N–H and O–H groups in total. The van der Waals surface area contributed by atoms with Gasteiger partial charge in [-0.25, -0.2) is 8.42 Å². The first-order valence-corrected chi connectivity index (χ1v) is 8.60. The van der Waals surface area contributed by atoms with Crippen LogP contribution in [0.15, 0.2) is 29.2 Å². The quantitative estimate of drug-likeness (QED) is 0.837. The van der Waals surface area contributed by atoms with Crippen molar-refractivity contribution >= 4 is 9.84 Å². The summed E-state index contributed by atoms with van der Waals surface area (Å²) in [4.78, 5) is 2.66. The van der Waals surface area contributed by atoms with Crippen LogP contribution in [0.4, 0.5) is 0 Å². The lowest BCUT2D eigenvalue weighted by atomic mass is 10.1. The third kappa shape index (κ3) is 3.15. The van der Waals surface area contributed by atoms with Crippen LogP contribution in [0.3, 0.4) is 0 Å². The van der Waals surface area contributed by atoms with Gasteiger partial charge in [0.2, 0.25) is 0 Å². The highest BCUT2D eigenvalue weighted by atomic mass is 32.2. The lowest BCUT2D eigenvalue weighted by Gasteiger charge is -2.41. The summed E-state index contributed by atoms with van der Waals surface area (Å²) in [6.07, 6.45) is 0.161. The molecule has 4 nitrogen and oxygen atoms in total. The number of ether oxygens (including phenoxy) is 1. The molecule has 1 heterocycles. The second-order valence-electron chi connectivity index (χ2n) is 5.86. The molecule has 0 saturated carbocycles. The fraction of sp³-hybridized carbons (Fsp3) is 0.600. The van der Waals surface area contributed by atoms with Crippen molar-refractivity contribution in [2.24, 2.45) is 0 Å². The summed E-state index contributed by atoms with van der Waals surface area (Å²) >= 11 is 0. The Hall–Kier alpha value is -1.07. The van der Waals surface area contributed by atoms with Gasteiger partial charge in [0.05, 0.1) is 10.1 Å². The van der Waals surface area contributed by atoms with Gasteiger partial charge in [-0.05, 0) is 45.9 Å². The number of rotatable bonds is 5. The molecular formula is C15H23NO3S. The summed E-state index contributed by atoms with van der Waals surface area (Å²) in [5, 5.41) is -0.419. The molecule has 1 fully saturated rings. The van der Waals surface area contributed by atoms with Crippen molar-refractivity contribution in [3.63, 3.8) is 0 Å². The first-order valence-electron chi connectivity index (χ1n) is 7.05. The van der Waals surface area contributed by atoms with Gasteiger partial charge in [-0.1, -0.05) is 6.07 Å². The third-order valence-corrected chi connectivity index (χ3v) is 5.82. The first-order chi connectivity index (χ1) is 9.30. The topological polar surface area (TPSA) is 46.6 Å². The van der Waals surface area contributed by atoms with Crippen LogP contribution in [0, 0.1) is 0 Å². The summed E-state index contributed by atoms with van der Waals surface area (Å²) in [7, 11) is -3.24. The highest BCUT2D eigenvalue weighted by Gasteiger charge is 2.30. The molecule has 5 heteroatoms. The van der Waals surface area contributed by atoms with Gasteiger partial charge < -0.3 is 4.74 Å². The smallest absolute Gasteiger partial charge is 0.180 e. The van der Waals surface area contributed by atoms with Gasteiger partial charge in [-0.2, -0.15) is 0 Å². The summed E-state index contributed by atoms with van der Waals surface area (Å²) in [6.45, 7) is 9.50. The van der Waals surface area contributed by atoms with E-state index >= 15 is 0 Å². The van der Waals surface area contributed by atoms with Crippen LogP contribution in [-0.4, -0.2) is 43.8 Å². The van der Waals surface area contributed by atoms with Gasteiger partial charge in [-0.3, -0.25) is 4.90 Å². The molecule has 2 rings (SSSR count). The SMILES string of the molecule is CC(C)N1CC(Oc2cccc(S(=O)(=O)C(C)C)c2)C1. The van der Waals surface area contributed by atoms with Gasteiger partial charge in [0.15, 0.2) is 9.84 Å². The Labute approximate surface area is 121 Å². The Balaban J connectivity index is 2.05. The summed E-state index contributed by atoms with van der Waals surface area (Å²) < 4.78 is 30.1. The van der Waals surface area contributed by atoms with E-state index in [4.69, 9.17) is 4.74 Å². The molecule has 0 aromatic heterocycles. The minimum atomic E-state index is -3.24. The zero-order chi connectivity index (χ0) is 14.9. The van der Waals surface area contributed by atoms with Crippen LogP contribution < -0.4 is 4.74 Å². The summed E-state index contributed by atoms with van der Waals surface area (Å²) in [5.74, 6) is 0.639. The van der Waals surface area contributed by atoms with Gasteiger partial charge >= 0.3 is 0 Å². The van der Waals surface area contributed by atoms with Crippen molar-refractivity contribution in [1.82, 2.24) is 4.90 Å². The van der Waals surface area contributed by atoms with Crippen molar-refractivity contribution in [3.8, 4) is 5.75 Å². The normalized spacial score (nSPS) is 17.5. The number of sulfone groups is 1. The van der Waals surface area contributed by atoms with Crippen LogP contribution in [0.2, 0.25) is 0 Å². The molecule has 0 radical (unpaired) electrons. The van der Waals surface area contributed by atoms with Crippen molar-refractivity contribution in [2.75, 3.05) is 13.1 Å². The fourth-order valence-corrected chi connectivity index (χ4v) is 3.25. The maximum atomic E-state index is 12.1. The molecule has 0 spiro atoms. The highest BCUT2D eigenvalue weighted by Crippen LogP contribution is 2.24. The Morgan fingerprint density at radius 1 is 1.20 bits per heavy atom. The molecule has 1 aliphatic heterocycles. The third-order valence-electron chi connectivity index (χ3n) is 3.66. The zero-order valence-electron chi connectivity index (χ0n) is 12.5. The first kappa shape index (κ1) is 15.3. The van der Waals surface area contributed by atoms with E-state index in [0.29, 0.717) is 16.7 Å².